The van der Waals surface area contributed by atoms with Crippen LogP contribution in [0.25, 0.3) is 0 Å². The fraction of sp³-hybridized carbons (Fsp3) is 0.409. The average molecular weight is 418 g/mol. The number of hydrogen-bond donors (Lipinski definition) is 2. The third-order valence-corrected chi connectivity index (χ3v) is 6.11. The van der Waals surface area contributed by atoms with Crippen LogP contribution in [0.4, 0.5) is 5.69 Å². The summed E-state index contributed by atoms with van der Waals surface area (Å²) in [6.07, 6.45) is 0.778. The summed E-state index contributed by atoms with van der Waals surface area (Å²) in [5, 5.41) is 2.89. The Morgan fingerprint density at radius 3 is 2.34 bits per heavy atom. The Hall–Kier alpha value is -2.38. The maximum Gasteiger partial charge on any atom is 0.251 e. The minimum Gasteiger partial charge on any atom is -0.375 e. The Kier molecular flexibility index (Phi) is 7.43. The van der Waals surface area contributed by atoms with E-state index in [9.17, 15) is 13.2 Å². The van der Waals surface area contributed by atoms with E-state index in [-0.39, 0.29) is 10.8 Å². The largest absolute Gasteiger partial charge is 0.375 e. The molecular formula is C22H31N3O3S. The van der Waals surface area contributed by atoms with Gasteiger partial charge in [0.25, 0.3) is 5.91 Å². The Morgan fingerprint density at radius 1 is 1.07 bits per heavy atom. The summed E-state index contributed by atoms with van der Waals surface area (Å²) in [5.41, 5.74) is 1.63. The van der Waals surface area contributed by atoms with Crippen LogP contribution >= 0.6 is 0 Å². The lowest BCUT2D eigenvalue weighted by molar-refractivity contribution is 0.0952. The van der Waals surface area contributed by atoms with E-state index in [1.54, 1.807) is 33.8 Å². The van der Waals surface area contributed by atoms with E-state index in [4.69, 9.17) is 0 Å². The first-order valence-electron chi connectivity index (χ1n) is 9.69. The number of carbonyl (C=O) groups is 1. The van der Waals surface area contributed by atoms with Crippen LogP contribution < -0.4 is 14.9 Å². The number of hydrogen-bond acceptors (Lipinski definition) is 4. The predicted octanol–water partition coefficient (Wildman–Crippen LogP) is 3.33. The molecule has 0 aliphatic carbocycles. The molecule has 0 spiro atoms. The quantitative estimate of drug-likeness (QED) is 0.646. The topological polar surface area (TPSA) is 78.5 Å². The number of benzene rings is 2. The van der Waals surface area contributed by atoms with Gasteiger partial charge in [-0.1, -0.05) is 24.3 Å². The van der Waals surface area contributed by atoms with E-state index in [1.807, 2.05) is 37.4 Å². The van der Waals surface area contributed by atoms with Crippen molar-refractivity contribution in [2.24, 2.45) is 0 Å². The van der Waals surface area contributed by atoms with Gasteiger partial charge in [-0.3, -0.25) is 4.79 Å². The first-order chi connectivity index (χ1) is 13.5. The van der Waals surface area contributed by atoms with Gasteiger partial charge in [0.2, 0.25) is 10.0 Å². The maximum atomic E-state index is 12.6. The van der Waals surface area contributed by atoms with Crippen molar-refractivity contribution >= 4 is 21.6 Å². The standard InChI is InChI=1S/C22H31N3O3S/c1-17-12-13-19(29(27,28)24-22(2,3)4)16-20(17)21(26)23-14-9-15-25(5)18-10-7-6-8-11-18/h6-8,10-13,16,24H,9,14-15H2,1-5H3,(H,23,26). The second-order valence-corrected chi connectivity index (χ2v) is 9.88. The number of carbonyl (C=O) groups excluding carboxylic acids is 1. The number of nitrogens with zero attached hydrogens (tertiary/aromatic N) is 1. The molecule has 0 radical (unpaired) electrons. The fourth-order valence-electron chi connectivity index (χ4n) is 2.90. The normalized spacial score (nSPS) is 11.9. The molecule has 0 atom stereocenters. The van der Waals surface area contributed by atoms with Gasteiger partial charge in [-0.05, 0) is 63.9 Å². The van der Waals surface area contributed by atoms with Crippen LogP contribution in [0.15, 0.2) is 53.4 Å². The Labute approximate surface area is 174 Å². The van der Waals surface area contributed by atoms with Gasteiger partial charge >= 0.3 is 0 Å². The molecule has 0 aliphatic heterocycles. The molecule has 0 bridgehead atoms. The summed E-state index contributed by atoms with van der Waals surface area (Å²) in [6.45, 7) is 8.43. The van der Waals surface area contributed by atoms with Crippen LogP contribution in [-0.4, -0.2) is 40.0 Å². The van der Waals surface area contributed by atoms with Crippen molar-refractivity contribution in [1.29, 1.82) is 0 Å². The number of aryl methyl sites for hydroxylation is 1. The molecule has 1 amide bonds. The summed E-state index contributed by atoms with van der Waals surface area (Å²) in [6, 6.07) is 14.7. The molecule has 7 heteroatoms. The van der Waals surface area contributed by atoms with Crippen LogP contribution in [0, 0.1) is 6.92 Å². The number of sulfonamides is 1. The highest BCUT2D eigenvalue weighted by Gasteiger charge is 2.23. The molecule has 0 heterocycles. The van der Waals surface area contributed by atoms with E-state index in [0.717, 1.165) is 24.2 Å². The van der Waals surface area contributed by atoms with Gasteiger partial charge in [-0.2, -0.15) is 0 Å². The van der Waals surface area contributed by atoms with Crippen molar-refractivity contribution in [3.8, 4) is 0 Å². The van der Waals surface area contributed by atoms with Gasteiger partial charge in [-0.15, -0.1) is 0 Å². The van der Waals surface area contributed by atoms with Crippen LogP contribution in [0.5, 0.6) is 0 Å². The maximum absolute atomic E-state index is 12.6. The van der Waals surface area contributed by atoms with Crippen molar-refractivity contribution in [3.63, 3.8) is 0 Å². The van der Waals surface area contributed by atoms with Crippen LogP contribution in [0.3, 0.4) is 0 Å². The predicted molar refractivity (Wildman–Crippen MR) is 118 cm³/mol. The average Bonchev–Trinajstić information content (AvgIpc) is 2.63. The van der Waals surface area contributed by atoms with E-state index < -0.39 is 15.6 Å². The third kappa shape index (κ3) is 6.87. The molecule has 0 unspecified atom stereocenters. The molecule has 6 nitrogen and oxygen atoms in total. The van der Waals surface area contributed by atoms with Gasteiger partial charge < -0.3 is 10.2 Å². The SMILES string of the molecule is Cc1ccc(S(=O)(=O)NC(C)(C)C)cc1C(=O)NCCCN(C)c1ccccc1. The molecule has 0 aliphatic rings. The molecule has 158 valence electrons. The van der Waals surface area contributed by atoms with Gasteiger partial charge in [0.1, 0.15) is 0 Å². The van der Waals surface area contributed by atoms with Crippen molar-refractivity contribution in [1.82, 2.24) is 10.0 Å². The summed E-state index contributed by atoms with van der Waals surface area (Å²) in [7, 11) is -1.68. The first-order valence-corrected chi connectivity index (χ1v) is 11.2. The highest BCUT2D eigenvalue weighted by atomic mass is 32.2. The summed E-state index contributed by atoms with van der Waals surface area (Å²) < 4.78 is 27.7. The zero-order valence-corrected chi connectivity index (χ0v) is 18.6. The van der Waals surface area contributed by atoms with Crippen molar-refractivity contribution in [3.05, 3.63) is 59.7 Å². The number of amides is 1. The van der Waals surface area contributed by atoms with Gasteiger partial charge in [-0.25, -0.2) is 13.1 Å². The molecule has 0 saturated heterocycles. The van der Waals surface area contributed by atoms with E-state index >= 15 is 0 Å². The molecule has 2 aromatic carbocycles. The minimum absolute atomic E-state index is 0.0898. The molecule has 29 heavy (non-hydrogen) atoms. The van der Waals surface area contributed by atoms with Crippen LogP contribution in [0.1, 0.15) is 43.1 Å². The molecule has 2 rings (SSSR count). The summed E-state index contributed by atoms with van der Waals surface area (Å²) in [5.74, 6) is -0.266. The molecule has 0 fully saturated rings. The van der Waals surface area contributed by atoms with Crippen molar-refractivity contribution in [2.75, 3.05) is 25.0 Å². The number of nitrogens with one attached hydrogen (secondary N) is 2. The highest BCUT2D eigenvalue weighted by molar-refractivity contribution is 7.89. The highest BCUT2D eigenvalue weighted by Crippen LogP contribution is 2.18. The monoisotopic (exact) mass is 417 g/mol. The second-order valence-electron chi connectivity index (χ2n) is 8.20. The lowest BCUT2D eigenvalue weighted by atomic mass is 10.1. The number of para-hydroxylation sites is 1. The Bertz CT molecular complexity index is 936. The molecular weight excluding hydrogens is 386 g/mol. The zero-order valence-electron chi connectivity index (χ0n) is 17.8. The van der Waals surface area contributed by atoms with Gasteiger partial charge in [0.15, 0.2) is 0 Å². The second kappa shape index (κ2) is 9.41. The molecule has 0 saturated carbocycles. The van der Waals surface area contributed by atoms with E-state index in [1.165, 1.54) is 12.1 Å². The fourth-order valence-corrected chi connectivity index (χ4v) is 4.34. The summed E-state index contributed by atoms with van der Waals surface area (Å²) in [4.78, 5) is 14.8. The lowest BCUT2D eigenvalue weighted by Crippen LogP contribution is -2.40. The smallest absolute Gasteiger partial charge is 0.251 e. The third-order valence-electron chi connectivity index (χ3n) is 4.36. The minimum atomic E-state index is -3.69. The zero-order chi connectivity index (χ0) is 21.7. The Morgan fingerprint density at radius 2 is 1.72 bits per heavy atom. The molecule has 2 aromatic rings. The van der Waals surface area contributed by atoms with Crippen LogP contribution in [0.2, 0.25) is 0 Å². The van der Waals surface area contributed by atoms with Crippen molar-refractivity contribution in [2.45, 2.75) is 44.6 Å². The lowest BCUT2D eigenvalue weighted by Gasteiger charge is -2.21. The molecule has 0 aromatic heterocycles. The first kappa shape index (κ1) is 22.9. The Balaban J connectivity index is 1.98. The van der Waals surface area contributed by atoms with Crippen LogP contribution in [-0.2, 0) is 10.0 Å². The molecule has 2 N–H and O–H groups in total. The van der Waals surface area contributed by atoms with Gasteiger partial charge in [0.05, 0.1) is 4.90 Å². The van der Waals surface area contributed by atoms with Gasteiger partial charge in [0, 0.05) is 36.9 Å². The van der Waals surface area contributed by atoms with E-state index in [0.29, 0.717) is 12.1 Å². The van der Waals surface area contributed by atoms with Crippen molar-refractivity contribution < 1.29 is 13.2 Å². The van der Waals surface area contributed by atoms with E-state index in [2.05, 4.69) is 14.9 Å². The number of anilines is 1. The number of rotatable bonds is 8. The summed E-state index contributed by atoms with van der Waals surface area (Å²) >= 11 is 0.